The van der Waals surface area contributed by atoms with Crippen molar-refractivity contribution >= 4 is 23.0 Å². The molecule has 2 aromatic heterocycles. The van der Waals surface area contributed by atoms with Gasteiger partial charge in [0.15, 0.2) is 0 Å². The van der Waals surface area contributed by atoms with E-state index in [0.717, 1.165) is 45.5 Å². The van der Waals surface area contributed by atoms with Crippen molar-refractivity contribution in [3.63, 3.8) is 0 Å². The SMILES string of the molecule is Cc1nc(Nc2cccc(Nc3cc(-c4ccccc4)ncn3)c2)cc(-c2ccccc2)n1. The lowest BCUT2D eigenvalue weighted by atomic mass is 10.1. The lowest BCUT2D eigenvalue weighted by Gasteiger charge is -2.11. The Kier molecular flexibility index (Phi) is 5.72. The van der Waals surface area contributed by atoms with E-state index < -0.39 is 0 Å². The molecule has 0 unspecified atom stereocenters. The van der Waals surface area contributed by atoms with Crippen LogP contribution in [0.3, 0.4) is 0 Å². The molecule has 6 heteroatoms. The predicted molar refractivity (Wildman–Crippen MR) is 133 cm³/mol. The van der Waals surface area contributed by atoms with Crippen LogP contribution >= 0.6 is 0 Å². The Morgan fingerprint density at radius 1 is 0.545 bits per heavy atom. The number of nitrogens with zero attached hydrogens (tertiary/aromatic N) is 4. The Labute approximate surface area is 192 Å². The molecule has 5 aromatic rings. The average molecular weight is 431 g/mol. The number of nitrogens with one attached hydrogen (secondary N) is 2. The number of aromatic nitrogens is 4. The highest BCUT2D eigenvalue weighted by molar-refractivity contribution is 5.70. The highest BCUT2D eigenvalue weighted by Crippen LogP contribution is 2.25. The number of hydrogen-bond acceptors (Lipinski definition) is 6. The minimum absolute atomic E-state index is 0.711. The first-order chi connectivity index (χ1) is 16.2. The van der Waals surface area contributed by atoms with Crippen LogP contribution < -0.4 is 10.6 Å². The molecule has 160 valence electrons. The summed E-state index contributed by atoms with van der Waals surface area (Å²) in [6.45, 7) is 1.90. The van der Waals surface area contributed by atoms with Crippen LogP contribution in [0.15, 0.2) is 103 Å². The minimum Gasteiger partial charge on any atom is -0.340 e. The van der Waals surface area contributed by atoms with E-state index in [9.17, 15) is 0 Å². The van der Waals surface area contributed by atoms with E-state index >= 15 is 0 Å². The molecule has 0 amide bonds. The van der Waals surface area contributed by atoms with Crippen molar-refractivity contribution in [2.24, 2.45) is 0 Å². The molecule has 3 aromatic carbocycles. The number of hydrogen-bond donors (Lipinski definition) is 2. The third-order valence-corrected chi connectivity index (χ3v) is 5.05. The summed E-state index contributed by atoms with van der Waals surface area (Å²) in [5.41, 5.74) is 5.67. The van der Waals surface area contributed by atoms with E-state index in [-0.39, 0.29) is 0 Å². The van der Waals surface area contributed by atoms with Crippen LogP contribution in [0.5, 0.6) is 0 Å². The first-order valence-corrected chi connectivity index (χ1v) is 10.7. The lowest BCUT2D eigenvalue weighted by molar-refractivity contribution is 1.06. The quantitative estimate of drug-likeness (QED) is 0.325. The Hall–Kier alpha value is -4.58. The van der Waals surface area contributed by atoms with Gasteiger partial charge >= 0.3 is 0 Å². The maximum Gasteiger partial charge on any atom is 0.134 e. The van der Waals surface area contributed by atoms with Gasteiger partial charge in [0.05, 0.1) is 11.4 Å². The van der Waals surface area contributed by atoms with E-state index in [2.05, 4.69) is 30.6 Å². The molecule has 0 aliphatic heterocycles. The van der Waals surface area contributed by atoms with Crippen LogP contribution in [0, 0.1) is 6.92 Å². The van der Waals surface area contributed by atoms with Gasteiger partial charge in [-0.05, 0) is 25.1 Å². The van der Waals surface area contributed by atoms with Crippen LogP contribution in [-0.2, 0) is 0 Å². The van der Waals surface area contributed by atoms with Gasteiger partial charge in [-0.1, -0.05) is 66.7 Å². The number of benzene rings is 3. The fourth-order valence-corrected chi connectivity index (χ4v) is 3.55. The molecule has 0 saturated carbocycles. The van der Waals surface area contributed by atoms with Crippen LogP contribution in [0.1, 0.15) is 5.82 Å². The summed E-state index contributed by atoms with van der Waals surface area (Å²) in [7, 11) is 0. The van der Waals surface area contributed by atoms with Gasteiger partial charge in [-0.3, -0.25) is 0 Å². The Balaban J connectivity index is 1.36. The number of aryl methyl sites for hydroxylation is 1. The van der Waals surface area contributed by atoms with Crippen molar-refractivity contribution in [3.8, 4) is 22.5 Å². The molecule has 6 nitrogen and oxygen atoms in total. The number of rotatable bonds is 6. The topological polar surface area (TPSA) is 75.6 Å². The molecule has 2 N–H and O–H groups in total. The first kappa shape index (κ1) is 20.3. The van der Waals surface area contributed by atoms with Crippen LogP contribution in [0.2, 0.25) is 0 Å². The highest BCUT2D eigenvalue weighted by atomic mass is 15.0. The third kappa shape index (κ3) is 5.02. The fraction of sp³-hybridized carbons (Fsp3) is 0.0370. The van der Waals surface area contributed by atoms with Crippen LogP contribution in [0.25, 0.3) is 22.5 Å². The summed E-state index contributed by atoms with van der Waals surface area (Å²) in [6, 6.07) is 32.0. The summed E-state index contributed by atoms with van der Waals surface area (Å²) in [4.78, 5) is 17.9. The first-order valence-electron chi connectivity index (χ1n) is 10.7. The van der Waals surface area contributed by atoms with Crippen molar-refractivity contribution in [3.05, 3.63) is 109 Å². The van der Waals surface area contributed by atoms with Crippen LogP contribution in [0.4, 0.5) is 23.0 Å². The summed E-state index contributed by atoms with van der Waals surface area (Å²) in [5, 5.41) is 6.76. The third-order valence-electron chi connectivity index (χ3n) is 5.05. The second kappa shape index (κ2) is 9.28. The van der Waals surface area contributed by atoms with E-state index in [1.54, 1.807) is 6.33 Å². The van der Waals surface area contributed by atoms with Gasteiger partial charge in [-0.25, -0.2) is 19.9 Å². The monoisotopic (exact) mass is 430 g/mol. The highest BCUT2D eigenvalue weighted by Gasteiger charge is 2.06. The molecule has 0 spiro atoms. The Morgan fingerprint density at radius 2 is 1.15 bits per heavy atom. The van der Waals surface area contributed by atoms with E-state index in [1.165, 1.54) is 0 Å². The number of anilines is 4. The molecule has 0 radical (unpaired) electrons. The molecular formula is C27H22N6. The maximum absolute atomic E-state index is 4.57. The normalized spacial score (nSPS) is 10.6. The molecule has 0 bridgehead atoms. The summed E-state index contributed by atoms with van der Waals surface area (Å²) >= 11 is 0. The van der Waals surface area contributed by atoms with Gasteiger partial charge < -0.3 is 10.6 Å². The molecule has 0 fully saturated rings. The van der Waals surface area contributed by atoms with Crippen molar-refractivity contribution in [1.82, 2.24) is 19.9 Å². The van der Waals surface area contributed by atoms with Crippen molar-refractivity contribution in [2.75, 3.05) is 10.6 Å². The summed E-state index contributed by atoms with van der Waals surface area (Å²) in [5.74, 6) is 2.18. The fourth-order valence-electron chi connectivity index (χ4n) is 3.55. The van der Waals surface area contributed by atoms with Crippen LogP contribution in [-0.4, -0.2) is 19.9 Å². The summed E-state index contributed by atoms with van der Waals surface area (Å²) < 4.78 is 0. The van der Waals surface area contributed by atoms with Gasteiger partial charge in [0.2, 0.25) is 0 Å². The maximum atomic E-state index is 4.57. The standard InChI is InChI=1S/C27H22N6/c1-19-30-25(21-11-6-3-7-12-21)17-27(31-19)33-23-14-8-13-22(15-23)32-26-16-24(28-18-29-26)20-9-4-2-5-10-20/h2-18H,1H3,(H,28,29,32)(H,30,31,33). The van der Waals surface area contributed by atoms with E-state index in [0.29, 0.717) is 5.82 Å². The summed E-state index contributed by atoms with van der Waals surface area (Å²) in [6.07, 6.45) is 1.57. The predicted octanol–water partition coefficient (Wildman–Crippen LogP) is 6.40. The molecular weight excluding hydrogens is 408 g/mol. The van der Waals surface area contributed by atoms with Crippen molar-refractivity contribution in [1.29, 1.82) is 0 Å². The van der Waals surface area contributed by atoms with Crippen molar-refractivity contribution < 1.29 is 0 Å². The molecule has 0 aliphatic rings. The molecule has 33 heavy (non-hydrogen) atoms. The second-order valence-electron chi connectivity index (χ2n) is 7.54. The molecule has 0 saturated heterocycles. The zero-order valence-corrected chi connectivity index (χ0v) is 18.1. The molecule has 2 heterocycles. The van der Waals surface area contributed by atoms with Gasteiger partial charge in [-0.15, -0.1) is 0 Å². The van der Waals surface area contributed by atoms with E-state index in [1.807, 2.05) is 104 Å². The van der Waals surface area contributed by atoms with Gasteiger partial charge in [0.1, 0.15) is 23.8 Å². The minimum atomic E-state index is 0.711. The largest absolute Gasteiger partial charge is 0.340 e. The van der Waals surface area contributed by atoms with Gasteiger partial charge in [0, 0.05) is 34.6 Å². The Morgan fingerprint density at radius 3 is 1.85 bits per heavy atom. The Bertz CT molecular complexity index is 1370. The molecule has 0 aliphatic carbocycles. The second-order valence-corrected chi connectivity index (χ2v) is 7.54. The average Bonchev–Trinajstić information content (AvgIpc) is 2.85. The van der Waals surface area contributed by atoms with Gasteiger partial charge in [0.25, 0.3) is 0 Å². The van der Waals surface area contributed by atoms with Gasteiger partial charge in [-0.2, -0.15) is 0 Å². The van der Waals surface area contributed by atoms with E-state index in [4.69, 9.17) is 0 Å². The zero-order valence-electron chi connectivity index (χ0n) is 18.1. The van der Waals surface area contributed by atoms with Crippen molar-refractivity contribution in [2.45, 2.75) is 6.92 Å². The lowest BCUT2D eigenvalue weighted by Crippen LogP contribution is -2.00. The molecule has 5 rings (SSSR count). The smallest absolute Gasteiger partial charge is 0.134 e. The molecule has 0 atom stereocenters. The zero-order chi connectivity index (χ0) is 22.5.